The van der Waals surface area contributed by atoms with Crippen molar-refractivity contribution in [1.82, 2.24) is 9.55 Å². The Balaban J connectivity index is 1.35. The van der Waals surface area contributed by atoms with Gasteiger partial charge >= 0.3 is 0 Å². The van der Waals surface area contributed by atoms with E-state index in [4.69, 9.17) is 4.98 Å². The van der Waals surface area contributed by atoms with Crippen molar-refractivity contribution < 1.29 is 0 Å². The first-order valence-electron chi connectivity index (χ1n) is 14.2. The molecule has 6 aromatic carbocycles. The molecule has 194 valence electrons. The predicted molar refractivity (Wildman–Crippen MR) is 173 cm³/mol. The van der Waals surface area contributed by atoms with Gasteiger partial charge in [0, 0.05) is 6.42 Å². The Bertz CT molecular complexity index is 1910. The maximum Gasteiger partial charge on any atom is 0.179 e. The molecule has 0 N–H and O–H groups in total. The average molecular weight is 541 g/mol. The lowest BCUT2D eigenvalue weighted by Crippen LogP contribution is -2.74. The van der Waals surface area contributed by atoms with E-state index in [-0.39, 0.29) is 0 Å². The van der Waals surface area contributed by atoms with Gasteiger partial charge in [-0.15, -0.1) is 0 Å². The highest BCUT2D eigenvalue weighted by atomic mass is 28.3. The molecule has 1 aliphatic heterocycles. The molecule has 8 rings (SSSR count). The summed E-state index contributed by atoms with van der Waals surface area (Å²) in [6, 6.07) is 58.0. The third-order valence-corrected chi connectivity index (χ3v) is 13.3. The van der Waals surface area contributed by atoms with Crippen LogP contribution in [0.1, 0.15) is 11.4 Å². The van der Waals surface area contributed by atoms with Crippen molar-refractivity contribution in [2.45, 2.75) is 6.42 Å². The second kappa shape index (κ2) is 9.58. The second-order valence-electron chi connectivity index (χ2n) is 10.8. The van der Waals surface area contributed by atoms with Crippen molar-refractivity contribution in [3.8, 4) is 16.8 Å². The molecule has 1 aliphatic rings. The SMILES string of the molecule is c1ccc([Si](c2ccccc2)(c2ccccc2)c2cccc(-c3ccc4nc5n(c4c3)-c3ccccc3C5)c2)cc1. The minimum Gasteiger partial charge on any atom is -0.296 e. The van der Waals surface area contributed by atoms with Gasteiger partial charge in [-0.05, 0) is 55.6 Å². The molecular weight excluding hydrogens is 513 g/mol. The molecule has 2 heterocycles. The molecular formula is C38H28N2Si. The molecule has 0 saturated heterocycles. The van der Waals surface area contributed by atoms with Crippen molar-refractivity contribution in [2.75, 3.05) is 0 Å². The summed E-state index contributed by atoms with van der Waals surface area (Å²) in [6.45, 7) is 0. The largest absolute Gasteiger partial charge is 0.296 e. The molecule has 0 bridgehead atoms. The lowest BCUT2D eigenvalue weighted by Gasteiger charge is -2.34. The van der Waals surface area contributed by atoms with Gasteiger partial charge in [-0.2, -0.15) is 0 Å². The summed E-state index contributed by atoms with van der Waals surface area (Å²) in [5, 5.41) is 5.53. The first-order chi connectivity index (χ1) is 20.3. The van der Waals surface area contributed by atoms with E-state index in [1.807, 2.05) is 0 Å². The Morgan fingerprint density at radius 1 is 0.488 bits per heavy atom. The van der Waals surface area contributed by atoms with E-state index in [2.05, 4.69) is 162 Å². The number of aromatic nitrogens is 2. The van der Waals surface area contributed by atoms with Crippen LogP contribution in [0.2, 0.25) is 0 Å². The van der Waals surface area contributed by atoms with Crippen molar-refractivity contribution in [1.29, 1.82) is 0 Å². The summed E-state index contributed by atoms with van der Waals surface area (Å²) in [6.07, 6.45) is 0.884. The van der Waals surface area contributed by atoms with E-state index in [0.717, 1.165) is 17.8 Å². The van der Waals surface area contributed by atoms with Gasteiger partial charge in [0.15, 0.2) is 8.07 Å². The summed E-state index contributed by atoms with van der Waals surface area (Å²) in [5.74, 6) is 1.12. The third-order valence-electron chi connectivity index (χ3n) is 8.55. The number of hydrogen-bond donors (Lipinski definition) is 0. The number of hydrogen-bond acceptors (Lipinski definition) is 1. The van der Waals surface area contributed by atoms with Crippen molar-refractivity contribution in [3.05, 3.63) is 169 Å². The number of benzene rings is 6. The fourth-order valence-corrected chi connectivity index (χ4v) is 11.5. The van der Waals surface area contributed by atoms with Gasteiger partial charge in [0.2, 0.25) is 0 Å². The predicted octanol–water partition coefficient (Wildman–Crippen LogP) is 5.97. The van der Waals surface area contributed by atoms with Crippen molar-refractivity contribution in [2.24, 2.45) is 0 Å². The molecule has 1 aromatic heterocycles. The Labute approximate surface area is 241 Å². The van der Waals surface area contributed by atoms with Crippen LogP contribution in [0, 0.1) is 0 Å². The molecule has 0 radical (unpaired) electrons. The highest BCUT2D eigenvalue weighted by Gasteiger charge is 2.41. The Morgan fingerprint density at radius 3 is 1.71 bits per heavy atom. The lowest BCUT2D eigenvalue weighted by molar-refractivity contribution is 1.02. The van der Waals surface area contributed by atoms with E-state index < -0.39 is 8.07 Å². The number of fused-ring (bicyclic) bond motifs is 5. The molecule has 0 saturated carbocycles. The Hall–Kier alpha value is -4.99. The average Bonchev–Trinajstić information content (AvgIpc) is 3.59. The molecule has 0 fully saturated rings. The molecule has 3 heteroatoms. The van der Waals surface area contributed by atoms with E-state index in [1.54, 1.807) is 0 Å². The number of nitrogens with zero attached hydrogens (tertiary/aromatic N) is 2. The first-order valence-corrected chi connectivity index (χ1v) is 16.2. The maximum atomic E-state index is 4.99. The summed E-state index contributed by atoms with van der Waals surface area (Å²) in [4.78, 5) is 4.99. The van der Waals surface area contributed by atoms with Crippen LogP contribution in [-0.2, 0) is 6.42 Å². The zero-order valence-corrected chi connectivity index (χ0v) is 23.6. The first kappa shape index (κ1) is 23.9. The zero-order valence-electron chi connectivity index (χ0n) is 22.6. The lowest BCUT2D eigenvalue weighted by atomic mass is 10.1. The van der Waals surface area contributed by atoms with Gasteiger partial charge in [0.1, 0.15) is 5.82 Å². The van der Waals surface area contributed by atoms with Gasteiger partial charge in [0.25, 0.3) is 0 Å². The topological polar surface area (TPSA) is 17.8 Å². The summed E-state index contributed by atoms with van der Waals surface area (Å²) in [5.41, 5.74) is 7.25. The number of imidazole rings is 1. The summed E-state index contributed by atoms with van der Waals surface area (Å²) >= 11 is 0. The monoisotopic (exact) mass is 540 g/mol. The highest BCUT2D eigenvalue weighted by Crippen LogP contribution is 2.33. The zero-order chi connectivity index (χ0) is 27.2. The smallest absolute Gasteiger partial charge is 0.179 e. The van der Waals surface area contributed by atoms with Gasteiger partial charge in [-0.3, -0.25) is 4.57 Å². The van der Waals surface area contributed by atoms with E-state index >= 15 is 0 Å². The minimum absolute atomic E-state index is 0.884. The fourth-order valence-electron chi connectivity index (χ4n) is 6.74. The molecule has 0 amide bonds. The van der Waals surface area contributed by atoms with Crippen LogP contribution in [0.25, 0.3) is 27.8 Å². The number of para-hydroxylation sites is 1. The highest BCUT2D eigenvalue weighted by molar-refractivity contribution is 7.19. The van der Waals surface area contributed by atoms with Gasteiger partial charge in [-0.25, -0.2) is 4.98 Å². The van der Waals surface area contributed by atoms with Crippen molar-refractivity contribution in [3.63, 3.8) is 0 Å². The summed E-state index contributed by atoms with van der Waals surface area (Å²) < 4.78 is 2.34. The van der Waals surface area contributed by atoms with E-state index in [0.29, 0.717) is 0 Å². The second-order valence-corrected chi connectivity index (χ2v) is 14.6. The maximum absolute atomic E-state index is 4.99. The molecule has 2 nitrogen and oxygen atoms in total. The van der Waals surface area contributed by atoms with E-state index in [1.165, 1.54) is 48.6 Å². The van der Waals surface area contributed by atoms with Crippen LogP contribution < -0.4 is 20.7 Å². The van der Waals surface area contributed by atoms with Crippen LogP contribution in [0.4, 0.5) is 0 Å². The van der Waals surface area contributed by atoms with Gasteiger partial charge in [-0.1, -0.05) is 140 Å². The standard InChI is InChI=1S/C38H28N2Si/c1-4-15-31(16-5-1)41(32-17-6-2-7-18-32,33-19-8-3-9-20-33)34-21-12-14-28(25-34)29-23-24-35-37(26-29)40-36-22-11-10-13-30(36)27-38(40)39-35/h1-26H,27H2. The van der Waals surface area contributed by atoms with E-state index in [9.17, 15) is 0 Å². The fraction of sp³-hybridized carbons (Fsp3) is 0.0263. The molecule has 0 atom stereocenters. The normalized spacial score (nSPS) is 12.3. The molecule has 0 aliphatic carbocycles. The number of rotatable bonds is 5. The summed E-state index contributed by atoms with van der Waals surface area (Å²) in [7, 11) is -2.59. The minimum atomic E-state index is -2.59. The van der Waals surface area contributed by atoms with Crippen LogP contribution in [0.15, 0.2) is 158 Å². The molecule has 0 unspecified atom stereocenters. The van der Waals surface area contributed by atoms with Gasteiger partial charge in [0.05, 0.1) is 16.7 Å². The molecule has 7 aromatic rings. The molecule has 0 spiro atoms. The van der Waals surface area contributed by atoms with Gasteiger partial charge < -0.3 is 0 Å². The molecule has 41 heavy (non-hydrogen) atoms. The quantitative estimate of drug-likeness (QED) is 0.194. The van der Waals surface area contributed by atoms with Crippen LogP contribution in [0.3, 0.4) is 0 Å². The van der Waals surface area contributed by atoms with Crippen LogP contribution >= 0.6 is 0 Å². The van der Waals surface area contributed by atoms with Crippen LogP contribution in [-0.4, -0.2) is 17.6 Å². The third kappa shape index (κ3) is 3.74. The Morgan fingerprint density at radius 2 is 1.05 bits per heavy atom. The van der Waals surface area contributed by atoms with Crippen LogP contribution in [0.5, 0.6) is 0 Å². The van der Waals surface area contributed by atoms with Crippen molar-refractivity contribution >= 4 is 39.9 Å². The Kier molecular flexibility index (Phi) is 5.57.